The highest BCUT2D eigenvalue weighted by Gasteiger charge is 2.43. The van der Waals surface area contributed by atoms with Gasteiger partial charge in [-0.3, -0.25) is 28.8 Å². The van der Waals surface area contributed by atoms with Crippen LogP contribution in [-0.2, 0) is 52.5 Å². The van der Waals surface area contributed by atoms with Crippen LogP contribution in [0.15, 0.2) is 0 Å². The SMILES string of the molecule is CC(=O)OC[C@@H](OC(C)=O)[C@@H](OC(C)=O)[C@H](OC(C)=O)[C@H](C=O)OC(C)=O.Cl. The summed E-state index contributed by atoms with van der Waals surface area (Å²) < 4.78 is 24.6. The summed E-state index contributed by atoms with van der Waals surface area (Å²) in [5.74, 6) is -4.23. The number of hydrogen-bond acceptors (Lipinski definition) is 11. The standard InChI is InChI=1S/C16H22O11.ClH/c1-8(18)23-7-14(25-10(3)20)16(27-12(5)22)15(26-11(4)21)13(6-17)24-9(2)19;/h6,13-16H,7H2,1-5H3;1H/t13-,14+,15+,16+;/m0./s1. The summed E-state index contributed by atoms with van der Waals surface area (Å²) in [4.78, 5) is 68.0. The van der Waals surface area contributed by atoms with E-state index < -0.39 is 60.9 Å². The lowest BCUT2D eigenvalue weighted by atomic mass is 10.0. The Morgan fingerprint density at radius 2 is 1.11 bits per heavy atom. The molecule has 0 N–H and O–H groups in total. The Kier molecular flexibility index (Phi) is 13.2. The first-order chi connectivity index (χ1) is 12.5. The highest BCUT2D eigenvalue weighted by atomic mass is 35.5. The molecule has 0 aromatic carbocycles. The molecule has 0 unspecified atom stereocenters. The number of hydrogen-bond donors (Lipinski definition) is 0. The maximum absolute atomic E-state index is 11.5. The number of halogens is 1. The molecule has 0 bridgehead atoms. The van der Waals surface area contributed by atoms with Gasteiger partial charge in [-0.05, 0) is 0 Å². The zero-order valence-corrected chi connectivity index (χ0v) is 16.8. The van der Waals surface area contributed by atoms with Crippen LogP contribution >= 0.6 is 12.4 Å². The Hall–Kier alpha value is -2.69. The molecule has 0 saturated heterocycles. The molecule has 0 saturated carbocycles. The lowest BCUT2D eigenvalue weighted by molar-refractivity contribution is -0.201. The number of carbonyl (C=O) groups excluding carboxylic acids is 6. The fourth-order valence-electron chi connectivity index (χ4n) is 2.03. The third-order valence-corrected chi connectivity index (χ3v) is 2.82. The minimum Gasteiger partial charge on any atom is -0.462 e. The third-order valence-electron chi connectivity index (χ3n) is 2.82. The molecule has 0 spiro atoms. The van der Waals surface area contributed by atoms with E-state index in [-0.39, 0.29) is 18.7 Å². The van der Waals surface area contributed by atoms with Crippen molar-refractivity contribution < 1.29 is 52.5 Å². The Morgan fingerprint density at radius 1 is 0.679 bits per heavy atom. The van der Waals surface area contributed by atoms with E-state index in [0.29, 0.717) is 0 Å². The predicted molar refractivity (Wildman–Crippen MR) is 92.2 cm³/mol. The Labute approximate surface area is 167 Å². The molecular formula is C16H23ClO11. The molecule has 11 nitrogen and oxygen atoms in total. The third kappa shape index (κ3) is 11.1. The zero-order valence-electron chi connectivity index (χ0n) is 16.0. The normalized spacial score (nSPS) is 14.0. The number of rotatable bonds is 10. The van der Waals surface area contributed by atoms with E-state index in [1.165, 1.54) is 0 Å². The molecule has 160 valence electrons. The van der Waals surface area contributed by atoms with Crippen LogP contribution in [0.1, 0.15) is 34.6 Å². The van der Waals surface area contributed by atoms with Crippen molar-refractivity contribution in [1.29, 1.82) is 0 Å². The predicted octanol–water partition coefficient (Wildman–Crippen LogP) is -0.103. The summed E-state index contributed by atoms with van der Waals surface area (Å²) in [5, 5.41) is 0. The van der Waals surface area contributed by atoms with Crippen LogP contribution in [0, 0.1) is 0 Å². The minimum absolute atomic E-state index is 0. The van der Waals surface area contributed by atoms with Crippen LogP contribution in [0.2, 0.25) is 0 Å². The molecule has 0 aromatic rings. The van der Waals surface area contributed by atoms with E-state index in [2.05, 4.69) is 0 Å². The van der Waals surface area contributed by atoms with Gasteiger partial charge >= 0.3 is 29.8 Å². The van der Waals surface area contributed by atoms with Crippen molar-refractivity contribution in [3.8, 4) is 0 Å². The fourth-order valence-corrected chi connectivity index (χ4v) is 2.03. The quantitative estimate of drug-likeness (QED) is 0.261. The molecule has 0 radical (unpaired) electrons. The van der Waals surface area contributed by atoms with Crippen LogP contribution in [0.25, 0.3) is 0 Å². The van der Waals surface area contributed by atoms with Crippen molar-refractivity contribution in [2.24, 2.45) is 0 Å². The molecule has 0 fully saturated rings. The van der Waals surface area contributed by atoms with E-state index in [1.54, 1.807) is 0 Å². The van der Waals surface area contributed by atoms with Gasteiger partial charge in [0.15, 0.2) is 30.7 Å². The number of ether oxygens (including phenoxy) is 5. The maximum Gasteiger partial charge on any atom is 0.303 e. The van der Waals surface area contributed by atoms with Crippen LogP contribution in [0.4, 0.5) is 0 Å². The van der Waals surface area contributed by atoms with Gasteiger partial charge in [-0.1, -0.05) is 0 Å². The molecule has 0 aliphatic rings. The first-order valence-corrected chi connectivity index (χ1v) is 7.75. The molecule has 0 aliphatic heterocycles. The average molecular weight is 427 g/mol. The largest absolute Gasteiger partial charge is 0.462 e. The van der Waals surface area contributed by atoms with Crippen molar-refractivity contribution in [3.05, 3.63) is 0 Å². The zero-order chi connectivity index (χ0) is 21.1. The summed E-state index contributed by atoms with van der Waals surface area (Å²) >= 11 is 0. The number of esters is 5. The summed E-state index contributed by atoms with van der Waals surface area (Å²) in [7, 11) is 0. The highest BCUT2D eigenvalue weighted by molar-refractivity contribution is 5.85. The summed E-state index contributed by atoms with van der Waals surface area (Å²) in [6.07, 6.45) is -6.23. The highest BCUT2D eigenvalue weighted by Crippen LogP contribution is 2.19. The molecule has 4 atom stereocenters. The van der Waals surface area contributed by atoms with Gasteiger partial charge in [-0.2, -0.15) is 0 Å². The van der Waals surface area contributed by atoms with Crippen LogP contribution in [-0.4, -0.2) is 67.2 Å². The molecule has 12 heteroatoms. The van der Waals surface area contributed by atoms with Crippen molar-refractivity contribution in [2.75, 3.05) is 6.61 Å². The second kappa shape index (κ2) is 13.5. The summed E-state index contributed by atoms with van der Waals surface area (Å²) in [5.41, 5.74) is 0. The van der Waals surface area contributed by atoms with Crippen molar-refractivity contribution in [1.82, 2.24) is 0 Å². The molecule has 0 rings (SSSR count). The van der Waals surface area contributed by atoms with Gasteiger partial charge in [-0.15, -0.1) is 12.4 Å². The molecular weight excluding hydrogens is 404 g/mol. The van der Waals surface area contributed by atoms with E-state index in [0.717, 1.165) is 34.6 Å². The first kappa shape index (κ1) is 27.5. The Morgan fingerprint density at radius 3 is 1.46 bits per heavy atom. The molecule has 0 aromatic heterocycles. The van der Waals surface area contributed by atoms with Gasteiger partial charge in [0.25, 0.3) is 0 Å². The molecule has 0 aliphatic carbocycles. The second-order valence-corrected chi connectivity index (χ2v) is 5.31. The smallest absolute Gasteiger partial charge is 0.303 e. The van der Waals surface area contributed by atoms with E-state index in [9.17, 15) is 28.8 Å². The molecule has 0 amide bonds. The number of aldehydes is 1. The van der Waals surface area contributed by atoms with E-state index >= 15 is 0 Å². The van der Waals surface area contributed by atoms with Crippen LogP contribution < -0.4 is 0 Å². The van der Waals surface area contributed by atoms with Gasteiger partial charge in [0.1, 0.15) is 6.61 Å². The minimum atomic E-state index is -1.67. The molecule has 0 heterocycles. The average Bonchev–Trinajstić information content (AvgIpc) is 2.51. The maximum atomic E-state index is 11.5. The van der Waals surface area contributed by atoms with Gasteiger partial charge in [0.05, 0.1) is 0 Å². The second-order valence-electron chi connectivity index (χ2n) is 5.31. The summed E-state index contributed by atoms with van der Waals surface area (Å²) in [6.45, 7) is 4.56. The topological polar surface area (TPSA) is 149 Å². The van der Waals surface area contributed by atoms with Crippen LogP contribution in [0.5, 0.6) is 0 Å². The van der Waals surface area contributed by atoms with Gasteiger partial charge < -0.3 is 23.7 Å². The lowest BCUT2D eigenvalue weighted by Crippen LogP contribution is -2.53. The monoisotopic (exact) mass is 426 g/mol. The van der Waals surface area contributed by atoms with Gasteiger partial charge in [-0.25, -0.2) is 0 Å². The Balaban J connectivity index is 0. The van der Waals surface area contributed by atoms with Crippen molar-refractivity contribution in [2.45, 2.75) is 59.0 Å². The van der Waals surface area contributed by atoms with Gasteiger partial charge in [0, 0.05) is 34.6 Å². The van der Waals surface area contributed by atoms with Crippen molar-refractivity contribution >= 4 is 48.5 Å². The fraction of sp³-hybridized carbons (Fsp3) is 0.625. The van der Waals surface area contributed by atoms with Gasteiger partial charge in [0.2, 0.25) is 0 Å². The van der Waals surface area contributed by atoms with E-state index in [4.69, 9.17) is 23.7 Å². The number of carbonyl (C=O) groups is 6. The molecule has 28 heavy (non-hydrogen) atoms. The lowest BCUT2D eigenvalue weighted by Gasteiger charge is -2.33. The van der Waals surface area contributed by atoms with Crippen molar-refractivity contribution in [3.63, 3.8) is 0 Å². The first-order valence-electron chi connectivity index (χ1n) is 7.75. The van der Waals surface area contributed by atoms with Crippen LogP contribution in [0.3, 0.4) is 0 Å². The van der Waals surface area contributed by atoms with E-state index in [1.807, 2.05) is 0 Å². The Bertz CT molecular complexity index is 589. The summed E-state index contributed by atoms with van der Waals surface area (Å²) in [6, 6.07) is 0.